The highest BCUT2D eigenvalue weighted by atomic mass is 32.1. The Labute approximate surface area is 165 Å². The summed E-state index contributed by atoms with van der Waals surface area (Å²) in [4.78, 5) is 19.2. The summed E-state index contributed by atoms with van der Waals surface area (Å²) in [5.41, 5.74) is 2.20. The molecule has 0 aliphatic heterocycles. The number of thiazole rings is 1. The number of carbonyl (C=O) groups excluding carboxylic acids is 1. The van der Waals surface area contributed by atoms with E-state index in [1.165, 1.54) is 5.56 Å². The molecule has 0 bridgehead atoms. The SMILES string of the molecule is CC(C)[C@@H](NCC(=O)N(C)[C@H](C)c1nc2ccccc2s1)c1ccccc1. The maximum absolute atomic E-state index is 12.8. The van der Waals surface area contributed by atoms with Gasteiger partial charge < -0.3 is 10.2 Å². The Kier molecular flexibility index (Phi) is 6.24. The van der Waals surface area contributed by atoms with E-state index in [-0.39, 0.29) is 18.0 Å². The number of fused-ring (bicyclic) bond motifs is 1. The zero-order valence-electron chi connectivity index (χ0n) is 16.3. The van der Waals surface area contributed by atoms with Crippen molar-refractivity contribution in [2.45, 2.75) is 32.9 Å². The number of aromatic nitrogens is 1. The Morgan fingerprint density at radius 2 is 1.74 bits per heavy atom. The van der Waals surface area contributed by atoms with E-state index in [2.05, 4.69) is 37.4 Å². The first kappa shape index (κ1) is 19.5. The van der Waals surface area contributed by atoms with Gasteiger partial charge in [-0.25, -0.2) is 4.98 Å². The summed E-state index contributed by atoms with van der Waals surface area (Å²) in [6.07, 6.45) is 0. The summed E-state index contributed by atoms with van der Waals surface area (Å²) < 4.78 is 1.15. The molecule has 3 rings (SSSR count). The zero-order chi connectivity index (χ0) is 19.4. The predicted octanol–water partition coefficient (Wildman–Crippen LogP) is 4.80. The van der Waals surface area contributed by atoms with E-state index in [1.807, 2.05) is 50.4 Å². The average molecular weight is 382 g/mol. The van der Waals surface area contributed by atoms with Gasteiger partial charge in [-0.3, -0.25) is 4.79 Å². The van der Waals surface area contributed by atoms with Crippen molar-refractivity contribution in [2.24, 2.45) is 5.92 Å². The van der Waals surface area contributed by atoms with Gasteiger partial charge in [-0.1, -0.05) is 56.3 Å². The fourth-order valence-electron chi connectivity index (χ4n) is 3.17. The molecule has 0 aliphatic carbocycles. The van der Waals surface area contributed by atoms with Crippen LogP contribution in [0.15, 0.2) is 54.6 Å². The standard InChI is InChI=1S/C22H27N3OS/c1-15(2)21(17-10-6-5-7-11-17)23-14-20(26)25(4)16(3)22-24-18-12-8-9-13-19(18)27-22/h5-13,15-16,21,23H,14H2,1-4H3/t16-,21-/m1/s1. The molecule has 1 heterocycles. The zero-order valence-corrected chi connectivity index (χ0v) is 17.2. The quantitative estimate of drug-likeness (QED) is 0.639. The summed E-state index contributed by atoms with van der Waals surface area (Å²) >= 11 is 1.65. The van der Waals surface area contributed by atoms with Crippen molar-refractivity contribution in [3.63, 3.8) is 0 Å². The van der Waals surface area contributed by atoms with Gasteiger partial charge in [0.25, 0.3) is 0 Å². The third-order valence-corrected chi connectivity index (χ3v) is 6.15. The van der Waals surface area contributed by atoms with Crippen LogP contribution in [0.1, 0.15) is 43.4 Å². The monoisotopic (exact) mass is 381 g/mol. The Hall–Kier alpha value is -2.24. The van der Waals surface area contributed by atoms with E-state index in [1.54, 1.807) is 16.2 Å². The molecule has 1 amide bonds. The molecule has 1 N–H and O–H groups in total. The summed E-state index contributed by atoms with van der Waals surface area (Å²) in [5, 5.41) is 4.41. The Morgan fingerprint density at radius 3 is 2.41 bits per heavy atom. The Bertz CT molecular complexity index is 858. The van der Waals surface area contributed by atoms with Gasteiger partial charge in [0, 0.05) is 13.1 Å². The molecule has 142 valence electrons. The number of carbonyl (C=O) groups is 1. The van der Waals surface area contributed by atoms with Gasteiger partial charge >= 0.3 is 0 Å². The number of nitrogens with zero attached hydrogens (tertiary/aromatic N) is 2. The Balaban J connectivity index is 1.65. The second-order valence-electron chi connectivity index (χ2n) is 7.21. The number of likely N-dealkylation sites (N-methyl/N-ethyl adjacent to an activating group) is 1. The van der Waals surface area contributed by atoms with Crippen LogP contribution >= 0.6 is 11.3 Å². The van der Waals surface area contributed by atoms with Gasteiger partial charge in [0.1, 0.15) is 5.01 Å². The molecule has 2 aromatic carbocycles. The van der Waals surface area contributed by atoms with Gasteiger partial charge in [0.2, 0.25) is 5.91 Å². The minimum Gasteiger partial charge on any atom is -0.335 e. The lowest BCUT2D eigenvalue weighted by molar-refractivity contribution is -0.131. The van der Waals surface area contributed by atoms with Crippen molar-refractivity contribution in [1.82, 2.24) is 15.2 Å². The summed E-state index contributed by atoms with van der Waals surface area (Å²) in [6, 6.07) is 18.5. The third-order valence-electron chi connectivity index (χ3n) is 4.94. The van der Waals surface area contributed by atoms with Gasteiger partial charge in [-0.2, -0.15) is 0 Å². The molecule has 1 aromatic heterocycles. The average Bonchev–Trinajstić information content (AvgIpc) is 3.11. The highest BCUT2D eigenvalue weighted by Crippen LogP contribution is 2.29. The van der Waals surface area contributed by atoms with E-state index in [0.717, 1.165) is 15.2 Å². The fraction of sp³-hybridized carbons (Fsp3) is 0.364. The lowest BCUT2D eigenvalue weighted by atomic mass is 9.96. The van der Waals surface area contributed by atoms with E-state index in [4.69, 9.17) is 4.98 Å². The second-order valence-corrected chi connectivity index (χ2v) is 8.28. The van der Waals surface area contributed by atoms with Crippen LogP contribution in [0.25, 0.3) is 10.2 Å². The topological polar surface area (TPSA) is 45.2 Å². The molecule has 0 unspecified atom stereocenters. The number of hydrogen-bond acceptors (Lipinski definition) is 4. The van der Waals surface area contributed by atoms with Gasteiger partial charge in [-0.05, 0) is 30.5 Å². The van der Waals surface area contributed by atoms with Crippen LogP contribution in [0, 0.1) is 5.92 Å². The van der Waals surface area contributed by atoms with Gasteiger partial charge in [-0.15, -0.1) is 11.3 Å². The van der Waals surface area contributed by atoms with E-state index in [0.29, 0.717) is 12.5 Å². The lowest BCUT2D eigenvalue weighted by Gasteiger charge is -2.27. The maximum Gasteiger partial charge on any atom is 0.236 e. The number of hydrogen-bond donors (Lipinski definition) is 1. The molecular weight excluding hydrogens is 354 g/mol. The Morgan fingerprint density at radius 1 is 1.07 bits per heavy atom. The molecule has 5 heteroatoms. The van der Waals surface area contributed by atoms with Crippen LogP contribution in [0.2, 0.25) is 0 Å². The smallest absolute Gasteiger partial charge is 0.236 e. The number of benzene rings is 2. The fourth-order valence-corrected chi connectivity index (χ4v) is 4.23. The molecule has 0 saturated carbocycles. The van der Waals surface area contributed by atoms with E-state index < -0.39 is 0 Å². The van der Waals surface area contributed by atoms with Gasteiger partial charge in [0.15, 0.2) is 0 Å². The van der Waals surface area contributed by atoms with Crippen LogP contribution in [0.4, 0.5) is 0 Å². The van der Waals surface area contributed by atoms with Crippen LogP contribution in [0.5, 0.6) is 0 Å². The highest BCUT2D eigenvalue weighted by Gasteiger charge is 2.22. The second kappa shape index (κ2) is 8.63. The number of rotatable bonds is 7. The van der Waals surface area contributed by atoms with Crippen LogP contribution in [-0.4, -0.2) is 29.4 Å². The van der Waals surface area contributed by atoms with Crippen LogP contribution < -0.4 is 5.32 Å². The third kappa shape index (κ3) is 4.54. The first-order valence-electron chi connectivity index (χ1n) is 9.37. The lowest BCUT2D eigenvalue weighted by Crippen LogP contribution is -2.39. The van der Waals surface area contributed by atoms with Crippen molar-refractivity contribution in [1.29, 1.82) is 0 Å². The largest absolute Gasteiger partial charge is 0.335 e. The van der Waals surface area contributed by atoms with Crippen molar-refractivity contribution in [2.75, 3.05) is 13.6 Å². The van der Waals surface area contributed by atoms with Crippen molar-refractivity contribution in [3.05, 3.63) is 65.2 Å². The molecule has 2 atom stereocenters. The van der Waals surface area contributed by atoms with Crippen molar-refractivity contribution in [3.8, 4) is 0 Å². The van der Waals surface area contributed by atoms with E-state index in [9.17, 15) is 4.79 Å². The molecular formula is C22H27N3OS. The number of nitrogens with one attached hydrogen (secondary N) is 1. The van der Waals surface area contributed by atoms with Gasteiger partial charge in [0.05, 0.1) is 22.8 Å². The normalized spacial score (nSPS) is 13.7. The summed E-state index contributed by atoms with van der Waals surface area (Å²) in [7, 11) is 1.85. The maximum atomic E-state index is 12.8. The van der Waals surface area contributed by atoms with E-state index >= 15 is 0 Å². The molecule has 3 aromatic rings. The first-order chi connectivity index (χ1) is 13.0. The molecule has 4 nitrogen and oxygen atoms in total. The minimum atomic E-state index is -0.0501. The molecule has 0 saturated heterocycles. The highest BCUT2D eigenvalue weighted by molar-refractivity contribution is 7.18. The molecule has 27 heavy (non-hydrogen) atoms. The number of para-hydroxylation sites is 1. The van der Waals surface area contributed by atoms with Crippen LogP contribution in [0.3, 0.4) is 0 Å². The summed E-state index contributed by atoms with van der Waals surface area (Å²) in [6.45, 7) is 6.68. The first-order valence-corrected chi connectivity index (χ1v) is 10.2. The summed E-state index contributed by atoms with van der Waals surface area (Å²) in [5.74, 6) is 0.468. The van der Waals surface area contributed by atoms with Crippen molar-refractivity contribution < 1.29 is 4.79 Å². The molecule has 0 spiro atoms. The molecule has 0 aliphatic rings. The predicted molar refractivity (Wildman–Crippen MR) is 113 cm³/mol. The minimum absolute atomic E-state index is 0.0501. The number of amides is 1. The molecule has 0 fully saturated rings. The van der Waals surface area contributed by atoms with Crippen LogP contribution in [-0.2, 0) is 4.79 Å². The van der Waals surface area contributed by atoms with Crippen molar-refractivity contribution >= 4 is 27.5 Å². The molecule has 0 radical (unpaired) electrons.